The molecule has 0 heterocycles. The zero-order valence-electron chi connectivity index (χ0n) is 17.4. The second-order valence-electron chi connectivity index (χ2n) is 8.13. The van der Waals surface area contributed by atoms with Crippen LogP contribution in [0.25, 0.3) is 0 Å². The lowest BCUT2D eigenvalue weighted by atomic mass is 9.57. The van der Waals surface area contributed by atoms with E-state index in [-0.39, 0.29) is 5.78 Å². The quantitative estimate of drug-likeness (QED) is 0.466. The number of aryl methyl sites for hydroxylation is 3. The van der Waals surface area contributed by atoms with Gasteiger partial charge in [-0.05, 0) is 58.1 Å². The summed E-state index contributed by atoms with van der Waals surface area (Å²) in [5, 5.41) is 10.1. The fourth-order valence-electron chi connectivity index (χ4n) is 4.87. The molecule has 2 unspecified atom stereocenters. The first-order valence-electron chi connectivity index (χ1n) is 9.79. The van der Waals surface area contributed by atoms with Gasteiger partial charge in [0, 0.05) is 11.0 Å². The van der Waals surface area contributed by atoms with Crippen molar-refractivity contribution in [3.8, 4) is 0 Å². The predicted molar refractivity (Wildman–Crippen MR) is 112 cm³/mol. The highest BCUT2D eigenvalue weighted by molar-refractivity contribution is 7.00. The molecule has 5 heteroatoms. The van der Waals surface area contributed by atoms with E-state index in [1.807, 2.05) is 39.8 Å². The normalized spacial score (nSPS) is 17.5. The fourth-order valence-corrected chi connectivity index (χ4v) is 4.87. The van der Waals surface area contributed by atoms with Gasteiger partial charge in [-0.15, -0.1) is 0 Å². The summed E-state index contributed by atoms with van der Waals surface area (Å²) in [5.41, 5.74) is 2.04. The van der Waals surface area contributed by atoms with Crippen molar-refractivity contribution >= 4 is 20.9 Å². The number of rotatable bonds is 7. The molecule has 0 aromatic heterocycles. The van der Waals surface area contributed by atoms with E-state index in [0.717, 1.165) is 47.9 Å². The maximum absolute atomic E-state index is 13.8. The summed E-state index contributed by atoms with van der Waals surface area (Å²) in [5.74, 6) is -0.764. The van der Waals surface area contributed by atoms with Crippen LogP contribution in [-0.2, 0) is 9.36 Å². The van der Waals surface area contributed by atoms with E-state index in [2.05, 4.69) is 6.92 Å². The fraction of sp³-hybridized carbons (Fsp3) is 0.636. The number of carboxylic acid groups (broad SMARTS) is 1. The number of benzene rings is 1. The van der Waals surface area contributed by atoms with Crippen molar-refractivity contribution in [3.63, 3.8) is 0 Å². The van der Waals surface area contributed by atoms with E-state index in [9.17, 15) is 14.7 Å². The molecule has 0 amide bonds. The minimum absolute atomic E-state index is 0.0565. The molecule has 2 atom stereocenters. The van der Waals surface area contributed by atoms with Crippen LogP contribution >= 0.6 is 9.12 Å². The topological polar surface area (TPSA) is 71.4 Å². The van der Waals surface area contributed by atoms with Crippen molar-refractivity contribution in [3.05, 3.63) is 34.4 Å². The van der Waals surface area contributed by atoms with E-state index < -0.39 is 16.8 Å². The Labute approximate surface area is 165 Å². The minimum atomic E-state index is -1.000. The Morgan fingerprint density at radius 3 is 2.00 bits per heavy atom. The number of Topliss-reactive ketones (excluding diaryl/α,β-unsaturated/α-hetero) is 1. The Morgan fingerprint density at radius 2 is 1.59 bits per heavy atom. The molecule has 150 valence electrons. The highest BCUT2D eigenvalue weighted by Crippen LogP contribution is 2.56. The van der Waals surface area contributed by atoms with Crippen molar-refractivity contribution in [2.24, 2.45) is 10.8 Å². The highest BCUT2D eigenvalue weighted by Gasteiger charge is 2.58. The Balaban J connectivity index is 0.00000176. The molecule has 1 aliphatic carbocycles. The molecule has 4 nitrogen and oxygen atoms in total. The van der Waals surface area contributed by atoms with Gasteiger partial charge in [0.15, 0.2) is 5.78 Å². The minimum Gasteiger partial charge on any atom is -0.481 e. The number of aliphatic carboxylic acids is 1. The van der Waals surface area contributed by atoms with E-state index in [1.165, 1.54) is 9.12 Å². The van der Waals surface area contributed by atoms with Crippen LogP contribution in [0.4, 0.5) is 0 Å². The number of hydrogen-bond donors (Lipinski definition) is 1. The molecule has 1 saturated carbocycles. The van der Waals surface area contributed by atoms with Gasteiger partial charge in [-0.2, -0.15) is 0 Å². The number of carboxylic acids is 1. The SMILES string of the molecule is CCCCC(C)(C(=O)O)C1(C(=O)c2c(C)cc(C)cc2C)CCCC1.O=[PH2+]. The number of carbonyl (C=O) groups excluding carboxylic acids is 1. The Hall–Kier alpha value is -1.54. The van der Waals surface area contributed by atoms with Crippen molar-refractivity contribution in [2.75, 3.05) is 0 Å². The summed E-state index contributed by atoms with van der Waals surface area (Å²) >= 11 is 0. The van der Waals surface area contributed by atoms with Gasteiger partial charge < -0.3 is 5.11 Å². The first-order chi connectivity index (χ1) is 12.7. The van der Waals surface area contributed by atoms with Crippen LogP contribution in [0, 0.1) is 31.6 Å². The van der Waals surface area contributed by atoms with Crippen LogP contribution in [0.1, 0.15) is 85.8 Å². The molecule has 1 N–H and O–H groups in total. The molecule has 0 radical (unpaired) electrons. The third-order valence-electron chi connectivity index (χ3n) is 6.35. The van der Waals surface area contributed by atoms with Crippen molar-refractivity contribution in [2.45, 2.75) is 79.6 Å². The summed E-state index contributed by atoms with van der Waals surface area (Å²) in [6, 6.07) is 4.07. The van der Waals surface area contributed by atoms with Gasteiger partial charge in [0.05, 0.1) is 5.41 Å². The molecule has 27 heavy (non-hydrogen) atoms. The molecular weight excluding hydrogens is 359 g/mol. The van der Waals surface area contributed by atoms with Crippen LogP contribution in [0.3, 0.4) is 0 Å². The van der Waals surface area contributed by atoms with Gasteiger partial charge in [-0.25, -0.2) is 0 Å². The molecule has 1 aromatic carbocycles. The van der Waals surface area contributed by atoms with Crippen LogP contribution < -0.4 is 0 Å². The van der Waals surface area contributed by atoms with Gasteiger partial charge in [0.25, 0.3) is 0 Å². The summed E-state index contributed by atoms with van der Waals surface area (Å²) in [7, 11) is 1.17. The van der Waals surface area contributed by atoms with E-state index in [0.29, 0.717) is 19.3 Å². The maximum atomic E-state index is 13.8. The molecular formula is C22H34O4P+. The van der Waals surface area contributed by atoms with E-state index in [4.69, 9.17) is 4.57 Å². The van der Waals surface area contributed by atoms with Gasteiger partial charge in [0.2, 0.25) is 0 Å². The average Bonchev–Trinajstić information content (AvgIpc) is 3.11. The van der Waals surface area contributed by atoms with Gasteiger partial charge in [-0.3, -0.25) is 9.59 Å². The van der Waals surface area contributed by atoms with Crippen LogP contribution in [0.5, 0.6) is 0 Å². The number of carbonyl (C=O) groups is 2. The van der Waals surface area contributed by atoms with Crippen molar-refractivity contribution in [1.29, 1.82) is 0 Å². The second kappa shape index (κ2) is 9.59. The largest absolute Gasteiger partial charge is 0.481 e. The lowest BCUT2D eigenvalue weighted by molar-refractivity contribution is -0.155. The molecule has 1 aliphatic rings. The average molecular weight is 393 g/mol. The molecule has 0 bridgehead atoms. The molecule has 0 saturated heterocycles. The summed E-state index contributed by atoms with van der Waals surface area (Å²) in [6.07, 6.45) is 5.58. The van der Waals surface area contributed by atoms with Crippen LogP contribution in [0.15, 0.2) is 12.1 Å². The Bertz CT molecular complexity index is 669. The second-order valence-corrected chi connectivity index (χ2v) is 8.13. The van der Waals surface area contributed by atoms with Gasteiger partial charge in [0.1, 0.15) is 0 Å². The predicted octanol–water partition coefficient (Wildman–Crippen LogP) is 5.84. The Kier molecular flexibility index (Phi) is 8.35. The molecule has 0 aliphatic heterocycles. The Morgan fingerprint density at radius 1 is 1.11 bits per heavy atom. The molecule has 0 spiro atoms. The van der Waals surface area contributed by atoms with Crippen LogP contribution in [-0.4, -0.2) is 16.9 Å². The standard InChI is InChI=1S/C22H32O3.H2OP/c1-6-7-10-21(5,20(24)25)22(11-8-9-12-22)19(23)18-16(3)13-15(2)14-17(18)4;1-2/h13-14H,6-12H2,1-5H3,(H,24,25);2H2/q;+1. The lowest BCUT2D eigenvalue weighted by Crippen LogP contribution is -2.49. The smallest absolute Gasteiger partial charge is 0.310 e. The monoisotopic (exact) mass is 393 g/mol. The van der Waals surface area contributed by atoms with Crippen LogP contribution in [0.2, 0.25) is 0 Å². The summed E-state index contributed by atoms with van der Waals surface area (Å²) in [6.45, 7) is 9.86. The molecule has 1 fully saturated rings. The first-order valence-corrected chi connectivity index (χ1v) is 10.3. The van der Waals surface area contributed by atoms with Gasteiger partial charge >= 0.3 is 15.1 Å². The third kappa shape index (κ3) is 4.32. The zero-order valence-corrected chi connectivity index (χ0v) is 18.5. The highest BCUT2D eigenvalue weighted by atomic mass is 31.0. The molecule has 1 aromatic rings. The zero-order chi connectivity index (χ0) is 20.8. The maximum Gasteiger partial charge on any atom is 0.310 e. The molecule has 2 rings (SSSR count). The van der Waals surface area contributed by atoms with E-state index in [1.54, 1.807) is 0 Å². The van der Waals surface area contributed by atoms with Gasteiger partial charge in [-0.1, -0.05) is 54.9 Å². The van der Waals surface area contributed by atoms with Crippen molar-refractivity contribution < 1.29 is 19.3 Å². The number of ketones is 1. The number of unbranched alkanes of at least 4 members (excludes halogenated alkanes) is 1. The van der Waals surface area contributed by atoms with E-state index >= 15 is 0 Å². The van der Waals surface area contributed by atoms with Crippen molar-refractivity contribution in [1.82, 2.24) is 0 Å². The summed E-state index contributed by atoms with van der Waals surface area (Å²) < 4.78 is 8.17. The third-order valence-corrected chi connectivity index (χ3v) is 6.35. The lowest BCUT2D eigenvalue weighted by Gasteiger charge is -2.43. The number of hydrogen-bond acceptors (Lipinski definition) is 3. The first kappa shape index (κ1) is 23.5. The summed E-state index contributed by atoms with van der Waals surface area (Å²) in [4.78, 5) is 26.1.